The smallest absolute Gasteiger partial charge is 0.00120 e. The van der Waals surface area contributed by atoms with Crippen molar-refractivity contribution in [1.82, 2.24) is 0 Å². The van der Waals surface area contributed by atoms with Gasteiger partial charge in [-0.05, 0) is 29.4 Å². The fourth-order valence-electron chi connectivity index (χ4n) is 2.02. The van der Waals surface area contributed by atoms with Crippen molar-refractivity contribution in [3.63, 3.8) is 0 Å². The molecule has 2 rings (SSSR count). The van der Waals surface area contributed by atoms with Crippen molar-refractivity contribution in [3.8, 4) is 0 Å². The molecule has 0 heterocycles. The molecule has 1 aromatic rings. The first kappa shape index (κ1) is 13.6. The van der Waals surface area contributed by atoms with E-state index in [2.05, 4.69) is 80.6 Å². The first-order valence-corrected chi connectivity index (χ1v) is 7.04. The molecule has 0 saturated carbocycles. The molecular weight excluding hydrogens is 228 g/mol. The average Bonchev–Trinajstić information content (AvgIpc) is 2.45. The predicted molar refractivity (Wildman–Crippen MR) is 84.8 cm³/mol. The second kappa shape index (κ2) is 6.94. The third kappa shape index (κ3) is 4.75. The summed E-state index contributed by atoms with van der Waals surface area (Å²) in [6.07, 6.45) is 16.9. The molecule has 1 atom stereocenters. The number of hydrogen-bond donors (Lipinski definition) is 0. The summed E-state index contributed by atoms with van der Waals surface area (Å²) in [6.45, 7) is 4.41. The summed E-state index contributed by atoms with van der Waals surface area (Å²) in [4.78, 5) is 0. The number of allylic oxidation sites excluding steroid dienone is 7. The molecule has 1 unspecified atom stereocenters. The Morgan fingerprint density at radius 1 is 1.11 bits per heavy atom. The lowest BCUT2D eigenvalue weighted by Gasteiger charge is -2.10. The molecule has 0 radical (unpaired) electrons. The van der Waals surface area contributed by atoms with Crippen LogP contribution in [0.2, 0.25) is 0 Å². The van der Waals surface area contributed by atoms with Crippen molar-refractivity contribution >= 4 is 6.08 Å². The molecular formula is C19H22. The maximum atomic E-state index is 2.32. The van der Waals surface area contributed by atoms with Crippen LogP contribution in [0.5, 0.6) is 0 Å². The Balaban J connectivity index is 1.91. The highest BCUT2D eigenvalue weighted by Gasteiger charge is 2.03. The first-order valence-electron chi connectivity index (χ1n) is 7.04. The molecule has 0 aliphatic heterocycles. The van der Waals surface area contributed by atoms with E-state index in [0.717, 1.165) is 6.42 Å². The van der Waals surface area contributed by atoms with Crippen LogP contribution >= 0.6 is 0 Å². The van der Waals surface area contributed by atoms with Crippen molar-refractivity contribution in [3.05, 3.63) is 77.9 Å². The minimum Gasteiger partial charge on any atom is -0.0814 e. The zero-order valence-electron chi connectivity index (χ0n) is 11.8. The standard InChI is InChI=1S/C19H22/c1-16(2)8-9-18-12-14-19(15-13-18)11-10-17-6-4-3-5-7-17/h3-14,16,19H,15H2,1-2H3/b9-8+,11-10+. The zero-order valence-corrected chi connectivity index (χ0v) is 11.8. The summed E-state index contributed by atoms with van der Waals surface area (Å²) in [5, 5.41) is 0. The number of rotatable bonds is 4. The number of hydrogen-bond acceptors (Lipinski definition) is 0. The molecule has 1 aliphatic carbocycles. The second-order valence-electron chi connectivity index (χ2n) is 5.34. The molecule has 0 saturated heterocycles. The highest BCUT2D eigenvalue weighted by molar-refractivity contribution is 5.50. The molecule has 0 amide bonds. The van der Waals surface area contributed by atoms with E-state index in [4.69, 9.17) is 0 Å². The Hall–Kier alpha value is -1.82. The van der Waals surface area contributed by atoms with Gasteiger partial charge in [-0.2, -0.15) is 0 Å². The largest absolute Gasteiger partial charge is 0.0814 e. The van der Waals surface area contributed by atoms with Crippen molar-refractivity contribution in [2.75, 3.05) is 0 Å². The van der Waals surface area contributed by atoms with Gasteiger partial charge < -0.3 is 0 Å². The normalized spacial score (nSPS) is 19.5. The van der Waals surface area contributed by atoms with Gasteiger partial charge in [0, 0.05) is 0 Å². The Labute approximate surface area is 116 Å². The van der Waals surface area contributed by atoms with E-state index < -0.39 is 0 Å². The molecule has 0 nitrogen and oxygen atoms in total. The van der Waals surface area contributed by atoms with Crippen molar-refractivity contribution < 1.29 is 0 Å². The molecule has 0 fully saturated rings. The van der Waals surface area contributed by atoms with E-state index >= 15 is 0 Å². The first-order chi connectivity index (χ1) is 9.24. The summed E-state index contributed by atoms with van der Waals surface area (Å²) < 4.78 is 0. The van der Waals surface area contributed by atoms with Crippen LogP contribution in [0.4, 0.5) is 0 Å². The van der Waals surface area contributed by atoms with Gasteiger partial charge >= 0.3 is 0 Å². The van der Waals surface area contributed by atoms with Crippen LogP contribution in [0.25, 0.3) is 6.08 Å². The van der Waals surface area contributed by atoms with Crippen LogP contribution in [0.3, 0.4) is 0 Å². The lowest BCUT2D eigenvalue weighted by molar-refractivity contribution is 0.815. The van der Waals surface area contributed by atoms with Gasteiger partial charge in [-0.25, -0.2) is 0 Å². The fourth-order valence-corrected chi connectivity index (χ4v) is 2.02. The highest BCUT2D eigenvalue weighted by Crippen LogP contribution is 2.19. The summed E-state index contributed by atoms with van der Waals surface area (Å²) in [5.41, 5.74) is 2.60. The van der Waals surface area contributed by atoms with Gasteiger partial charge in [-0.15, -0.1) is 0 Å². The zero-order chi connectivity index (χ0) is 13.5. The molecule has 19 heavy (non-hydrogen) atoms. The van der Waals surface area contributed by atoms with Gasteiger partial charge in [0.05, 0.1) is 0 Å². The van der Waals surface area contributed by atoms with Crippen LogP contribution in [0.15, 0.2) is 72.4 Å². The van der Waals surface area contributed by atoms with Crippen LogP contribution < -0.4 is 0 Å². The van der Waals surface area contributed by atoms with Crippen molar-refractivity contribution in [2.45, 2.75) is 20.3 Å². The van der Waals surface area contributed by atoms with E-state index in [9.17, 15) is 0 Å². The third-order valence-electron chi connectivity index (χ3n) is 3.17. The molecule has 1 aliphatic rings. The van der Waals surface area contributed by atoms with Gasteiger partial charge in [-0.1, -0.05) is 86.7 Å². The fraction of sp³-hybridized carbons (Fsp3) is 0.263. The van der Waals surface area contributed by atoms with Crippen molar-refractivity contribution in [1.29, 1.82) is 0 Å². The Morgan fingerprint density at radius 3 is 2.53 bits per heavy atom. The topological polar surface area (TPSA) is 0 Å². The Bertz CT molecular complexity index is 498. The van der Waals surface area contributed by atoms with Crippen LogP contribution in [0, 0.1) is 11.8 Å². The minimum absolute atomic E-state index is 0.524. The predicted octanol–water partition coefficient (Wildman–Crippen LogP) is 5.41. The maximum absolute atomic E-state index is 2.32. The minimum atomic E-state index is 0.524. The van der Waals surface area contributed by atoms with E-state index in [0.29, 0.717) is 11.8 Å². The number of benzene rings is 1. The Morgan fingerprint density at radius 2 is 1.89 bits per heavy atom. The van der Waals surface area contributed by atoms with E-state index in [-0.39, 0.29) is 0 Å². The summed E-state index contributed by atoms with van der Waals surface area (Å²) in [6, 6.07) is 10.5. The van der Waals surface area contributed by atoms with E-state index in [1.54, 1.807) is 0 Å². The second-order valence-corrected chi connectivity index (χ2v) is 5.34. The molecule has 0 N–H and O–H groups in total. The SMILES string of the molecule is CC(C)/C=C/C1=CCC(/C=C/c2ccccc2)C=C1. The highest BCUT2D eigenvalue weighted by atomic mass is 14.1. The lowest BCUT2D eigenvalue weighted by Crippen LogP contribution is -1.95. The quantitative estimate of drug-likeness (QED) is 0.670. The molecule has 1 aromatic carbocycles. The van der Waals surface area contributed by atoms with E-state index in [1.807, 2.05) is 6.07 Å². The third-order valence-corrected chi connectivity index (χ3v) is 3.17. The molecule has 0 heteroatoms. The van der Waals surface area contributed by atoms with Crippen molar-refractivity contribution in [2.24, 2.45) is 11.8 Å². The Kier molecular flexibility index (Phi) is 4.97. The van der Waals surface area contributed by atoms with Gasteiger partial charge in [0.15, 0.2) is 0 Å². The molecule has 0 bridgehead atoms. The van der Waals surface area contributed by atoms with Crippen LogP contribution in [-0.4, -0.2) is 0 Å². The van der Waals surface area contributed by atoms with Gasteiger partial charge in [0.25, 0.3) is 0 Å². The van der Waals surface area contributed by atoms with Crippen LogP contribution in [-0.2, 0) is 0 Å². The average molecular weight is 250 g/mol. The van der Waals surface area contributed by atoms with Gasteiger partial charge in [0.2, 0.25) is 0 Å². The van der Waals surface area contributed by atoms with Gasteiger partial charge in [0.1, 0.15) is 0 Å². The molecule has 0 aromatic heterocycles. The molecule has 98 valence electrons. The maximum Gasteiger partial charge on any atom is -0.00120 e. The van der Waals surface area contributed by atoms with E-state index in [1.165, 1.54) is 11.1 Å². The molecule has 0 spiro atoms. The summed E-state index contributed by atoms with van der Waals surface area (Å²) in [5.74, 6) is 1.14. The lowest BCUT2D eigenvalue weighted by atomic mass is 9.95. The van der Waals surface area contributed by atoms with Crippen LogP contribution in [0.1, 0.15) is 25.8 Å². The van der Waals surface area contributed by atoms with Gasteiger partial charge in [-0.3, -0.25) is 0 Å². The summed E-state index contributed by atoms with van der Waals surface area (Å²) >= 11 is 0. The summed E-state index contributed by atoms with van der Waals surface area (Å²) in [7, 11) is 0. The monoisotopic (exact) mass is 250 g/mol.